The fourth-order valence-corrected chi connectivity index (χ4v) is 2.03. The van der Waals surface area contributed by atoms with E-state index < -0.39 is 0 Å². The molecule has 0 bridgehead atoms. The summed E-state index contributed by atoms with van der Waals surface area (Å²) in [6.07, 6.45) is 0.426. The third-order valence-corrected chi connectivity index (χ3v) is 2.77. The van der Waals surface area contributed by atoms with Crippen molar-refractivity contribution in [1.82, 2.24) is 0 Å². The van der Waals surface area contributed by atoms with E-state index in [9.17, 15) is 4.79 Å². The Kier molecular flexibility index (Phi) is 1.61. The predicted octanol–water partition coefficient (Wildman–Crippen LogP) is 1.62. The average Bonchev–Trinajstić information content (AvgIpc) is 2.66. The number of ketones is 1. The molecule has 3 nitrogen and oxygen atoms in total. The molecule has 0 N–H and O–H groups in total. The number of hydrogen-bond acceptors (Lipinski definition) is 3. The number of para-hydroxylation sites is 1. The third kappa shape index (κ3) is 0.990. The molecule has 0 aromatic heterocycles. The third-order valence-electron chi connectivity index (χ3n) is 2.77. The summed E-state index contributed by atoms with van der Waals surface area (Å²) < 4.78 is 10.9. The van der Waals surface area contributed by atoms with Gasteiger partial charge in [-0.2, -0.15) is 0 Å². The van der Waals surface area contributed by atoms with Gasteiger partial charge in [0.2, 0.25) is 6.29 Å². The van der Waals surface area contributed by atoms with Crippen LogP contribution in [0, 0.1) is 5.92 Å². The minimum absolute atomic E-state index is 0.0927. The van der Waals surface area contributed by atoms with Crippen LogP contribution in [-0.4, -0.2) is 18.7 Å². The summed E-state index contributed by atoms with van der Waals surface area (Å²) in [4.78, 5) is 11.9. The molecule has 3 rings (SSSR count). The maximum atomic E-state index is 11.9. The van der Waals surface area contributed by atoms with Crippen LogP contribution in [0.3, 0.4) is 0 Å². The van der Waals surface area contributed by atoms with Crippen LogP contribution in [0.15, 0.2) is 24.3 Å². The fourth-order valence-electron chi connectivity index (χ4n) is 2.03. The topological polar surface area (TPSA) is 35.5 Å². The molecule has 1 fully saturated rings. The van der Waals surface area contributed by atoms with Gasteiger partial charge in [-0.05, 0) is 18.6 Å². The second-order valence-corrected chi connectivity index (χ2v) is 3.61. The lowest BCUT2D eigenvalue weighted by Crippen LogP contribution is -2.34. The number of Topliss-reactive ketones (excluding diaryl/α,β-unsaturated/α-hetero) is 1. The minimum Gasteiger partial charge on any atom is -0.463 e. The largest absolute Gasteiger partial charge is 0.463 e. The molecule has 1 aromatic carbocycles. The first kappa shape index (κ1) is 8.00. The monoisotopic (exact) mass is 190 g/mol. The summed E-state index contributed by atoms with van der Waals surface area (Å²) in [7, 11) is 0. The van der Waals surface area contributed by atoms with Crippen molar-refractivity contribution in [3.05, 3.63) is 29.8 Å². The second kappa shape index (κ2) is 2.82. The summed E-state index contributed by atoms with van der Waals surface area (Å²) in [6, 6.07) is 7.34. The van der Waals surface area contributed by atoms with Gasteiger partial charge in [-0.1, -0.05) is 12.1 Å². The lowest BCUT2D eigenvalue weighted by atomic mass is 9.93. The lowest BCUT2D eigenvalue weighted by Gasteiger charge is -2.25. The van der Waals surface area contributed by atoms with E-state index in [1.807, 2.05) is 24.3 Å². The van der Waals surface area contributed by atoms with Crippen LogP contribution in [-0.2, 0) is 4.74 Å². The van der Waals surface area contributed by atoms with Crippen LogP contribution in [0.5, 0.6) is 5.75 Å². The highest BCUT2D eigenvalue weighted by Gasteiger charge is 2.41. The van der Waals surface area contributed by atoms with Crippen molar-refractivity contribution in [3.8, 4) is 5.75 Å². The van der Waals surface area contributed by atoms with Crippen LogP contribution >= 0.6 is 0 Å². The van der Waals surface area contributed by atoms with Gasteiger partial charge in [0.15, 0.2) is 5.78 Å². The molecule has 1 aromatic rings. The molecule has 1 saturated heterocycles. The summed E-state index contributed by atoms with van der Waals surface area (Å²) in [5.41, 5.74) is 0.694. The highest BCUT2D eigenvalue weighted by Crippen LogP contribution is 2.35. The molecule has 0 spiro atoms. The first-order chi connectivity index (χ1) is 6.86. The standard InChI is InChI=1S/C11H10O3/c12-10-7-3-1-2-4-9(7)14-11-8(10)5-6-13-11/h1-4,8,11H,5-6H2/t8-,11+/m0/s1. The number of fused-ring (bicyclic) bond motifs is 2. The van der Waals surface area contributed by atoms with Gasteiger partial charge in [-0.15, -0.1) is 0 Å². The Labute approximate surface area is 81.6 Å². The maximum absolute atomic E-state index is 11.9. The van der Waals surface area contributed by atoms with Crippen LogP contribution in [0.1, 0.15) is 16.8 Å². The molecular weight excluding hydrogens is 180 g/mol. The number of hydrogen-bond donors (Lipinski definition) is 0. The van der Waals surface area contributed by atoms with Crippen molar-refractivity contribution in [2.24, 2.45) is 5.92 Å². The van der Waals surface area contributed by atoms with E-state index in [1.54, 1.807) is 0 Å². The van der Waals surface area contributed by atoms with E-state index in [0.29, 0.717) is 17.9 Å². The van der Waals surface area contributed by atoms with Gasteiger partial charge in [0.1, 0.15) is 5.75 Å². The van der Waals surface area contributed by atoms with Crippen molar-refractivity contribution in [3.63, 3.8) is 0 Å². The zero-order chi connectivity index (χ0) is 9.54. The Morgan fingerprint density at radius 1 is 1.29 bits per heavy atom. The molecule has 0 unspecified atom stereocenters. The molecule has 2 heterocycles. The van der Waals surface area contributed by atoms with E-state index in [1.165, 1.54) is 0 Å². The zero-order valence-corrected chi connectivity index (χ0v) is 7.60. The minimum atomic E-state index is -0.350. The Morgan fingerprint density at radius 2 is 2.14 bits per heavy atom. The van der Waals surface area contributed by atoms with Crippen LogP contribution in [0.4, 0.5) is 0 Å². The highest BCUT2D eigenvalue weighted by atomic mass is 16.7. The predicted molar refractivity (Wildman–Crippen MR) is 49.2 cm³/mol. The van der Waals surface area contributed by atoms with Gasteiger partial charge in [0.05, 0.1) is 18.1 Å². The molecular formula is C11H10O3. The first-order valence-corrected chi connectivity index (χ1v) is 4.78. The van der Waals surface area contributed by atoms with Gasteiger partial charge in [0.25, 0.3) is 0 Å². The molecule has 0 amide bonds. The molecule has 14 heavy (non-hydrogen) atoms. The van der Waals surface area contributed by atoms with Crippen molar-refractivity contribution >= 4 is 5.78 Å². The van der Waals surface area contributed by atoms with E-state index in [4.69, 9.17) is 9.47 Å². The maximum Gasteiger partial charge on any atom is 0.210 e. The first-order valence-electron chi connectivity index (χ1n) is 4.78. The summed E-state index contributed by atoms with van der Waals surface area (Å²) in [5, 5.41) is 0. The van der Waals surface area contributed by atoms with E-state index >= 15 is 0 Å². The molecule has 0 aliphatic carbocycles. The van der Waals surface area contributed by atoms with Crippen molar-refractivity contribution in [1.29, 1.82) is 0 Å². The molecule has 2 aliphatic heterocycles. The highest BCUT2D eigenvalue weighted by molar-refractivity contribution is 6.01. The Morgan fingerprint density at radius 3 is 3.07 bits per heavy atom. The average molecular weight is 190 g/mol. The molecule has 2 aliphatic rings. The number of carbonyl (C=O) groups excluding carboxylic acids is 1. The van der Waals surface area contributed by atoms with Crippen molar-refractivity contribution in [2.75, 3.05) is 6.61 Å². The van der Waals surface area contributed by atoms with Crippen LogP contribution in [0.2, 0.25) is 0 Å². The lowest BCUT2D eigenvalue weighted by molar-refractivity contribution is -0.0609. The summed E-state index contributed by atoms with van der Waals surface area (Å²) in [6.45, 7) is 0.620. The van der Waals surface area contributed by atoms with Crippen molar-refractivity contribution < 1.29 is 14.3 Å². The Hall–Kier alpha value is -1.35. The van der Waals surface area contributed by atoms with Crippen LogP contribution in [0.25, 0.3) is 0 Å². The second-order valence-electron chi connectivity index (χ2n) is 3.61. The molecule has 0 saturated carbocycles. The fraction of sp³-hybridized carbons (Fsp3) is 0.364. The molecule has 3 heteroatoms. The molecule has 2 atom stereocenters. The Bertz CT molecular complexity index is 386. The van der Waals surface area contributed by atoms with Gasteiger partial charge in [-0.25, -0.2) is 0 Å². The van der Waals surface area contributed by atoms with Gasteiger partial charge in [-0.3, -0.25) is 4.79 Å². The molecule has 0 radical (unpaired) electrons. The van der Waals surface area contributed by atoms with E-state index in [-0.39, 0.29) is 18.0 Å². The summed E-state index contributed by atoms with van der Waals surface area (Å²) >= 11 is 0. The number of rotatable bonds is 0. The van der Waals surface area contributed by atoms with Gasteiger partial charge < -0.3 is 9.47 Å². The van der Waals surface area contributed by atoms with Crippen LogP contribution < -0.4 is 4.74 Å². The van der Waals surface area contributed by atoms with E-state index in [0.717, 1.165) is 6.42 Å². The SMILES string of the molecule is O=C1c2ccccc2O[C@H]2OCC[C@@H]12. The number of ether oxygens (including phenoxy) is 2. The normalized spacial score (nSPS) is 29.3. The van der Waals surface area contributed by atoms with Crippen molar-refractivity contribution in [2.45, 2.75) is 12.7 Å². The zero-order valence-electron chi connectivity index (χ0n) is 7.60. The van der Waals surface area contributed by atoms with E-state index in [2.05, 4.69) is 0 Å². The molecule has 72 valence electrons. The quantitative estimate of drug-likeness (QED) is 0.623. The smallest absolute Gasteiger partial charge is 0.210 e. The van der Waals surface area contributed by atoms with Gasteiger partial charge >= 0.3 is 0 Å². The summed E-state index contributed by atoms with van der Waals surface area (Å²) in [5.74, 6) is 0.722. The Balaban J connectivity index is 2.08. The number of benzene rings is 1. The van der Waals surface area contributed by atoms with Gasteiger partial charge in [0, 0.05) is 0 Å². The number of carbonyl (C=O) groups is 1.